The molecule has 6 atom stereocenters. The largest absolute Gasteiger partial charge is 0.457 e. The van der Waals surface area contributed by atoms with Gasteiger partial charge in [0, 0.05) is 13.0 Å². The van der Waals surface area contributed by atoms with Crippen molar-refractivity contribution in [2.24, 2.45) is 0 Å². The van der Waals surface area contributed by atoms with Crippen LogP contribution < -0.4 is 0 Å². The Kier molecular flexibility index (Phi) is 38.6. The molecule has 4 N–H and O–H groups in total. The number of hydrogen-bond donors (Lipinski definition) is 4. The van der Waals surface area contributed by atoms with Crippen LogP contribution in [0.5, 0.6) is 0 Å². The van der Waals surface area contributed by atoms with Crippen LogP contribution in [0.4, 0.5) is 0 Å². The van der Waals surface area contributed by atoms with Crippen molar-refractivity contribution in [3.63, 3.8) is 0 Å². The molecule has 13 heteroatoms. The fraction of sp³-hybridized carbons (Fsp3) is 0.706. The third-order valence-corrected chi connectivity index (χ3v) is 11.0. The summed E-state index contributed by atoms with van der Waals surface area (Å²) < 4.78 is 59.1. The third kappa shape index (κ3) is 34.6. The van der Waals surface area contributed by atoms with Crippen molar-refractivity contribution in [2.75, 3.05) is 26.4 Å². The topological polar surface area (TPSA) is 178 Å². The van der Waals surface area contributed by atoms with Crippen LogP contribution in [-0.2, 0) is 38.3 Å². The molecule has 0 amide bonds. The van der Waals surface area contributed by atoms with Gasteiger partial charge < -0.3 is 34.3 Å². The van der Waals surface area contributed by atoms with E-state index in [1.165, 1.54) is 57.8 Å². The van der Waals surface area contributed by atoms with Gasteiger partial charge in [-0.05, 0) is 89.9 Å². The molecule has 0 radical (unpaired) electrons. The van der Waals surface area contributed by atoms with Gasteiger partial charge in [0.15, 0.2) is 6.29 Å². The standard InChI is InChI=1S/C51H86O12S/c1-3-5-7-9-11-13-15-17-19-21-22-23-24-25-26-28-30-32-34-36-38-40-47(53)61-45(44-60-51-49(55)50(63-64(56,57)58)48(54)46(42-52)62-51)43-59-41-39-37-35-33-31-29-27-20-18-16-14-12-10-8-6-4-2/h5,7,11,13,17-20,22-23,25-26,30,32,45-46,48-52,54-55H,3-4,6,8-10,12,14-16,21,24,27-29,31,33-44H2,1-2H3,(H,56,57,58)/b7-5-,13-11-,19-17-,20-18-,23-22-,26-25-,32-30-. The van der Waals surface area contributed by atoms with Gasteiger partial charge in [0.1, 0.15) is 30.5 Å². The fourth-order valence-electron chi connectivity index (χ4n) is 6.85. The predicted molar refractivity (Wildman–Crippen MR) is 257 cm³/mol. The third-order valence-electron chi connectivity index (χ3n) is 10.5. The number of carbonyl (C=O) groups excluding carboxylic acids is 1. The normalized spacial score (nSPS) is 20.5. The van der Waals surface area contributed by atoms with E-state index < -0.39 is 59.8 Å². The number of aliphatic hydroxyl groups excluding tert-OH is 3. The molecular weight excluding hydrogens is 837 g/mol. The molecule has 0 aromatic rings. The van der Waals surface area contributed by atoms with Crippen LogP contribution in [0.25, 0.3) is 0 Å². The van der Waals surface area contributed by atoms with E-state index in [-0.39, 0.29) is 19.6 Å². The Labute approximate surface area is 387 Å². The van der Waals surface area contributed by atoms with Gasteiger partial charge in [-0.15, -0.1) is 0 Å². The molecule has 6 unspecified atom stereocenters. The van der Waals surface area contributed by atoms with E-state index in [9.17, 15) is 33.1 Å². The molecule has 0 aromatic carbocycles. The summed E-state index contributed by atoms with van der Waals surface area (Å²) in [6.45, 7) is 3.79. The number of ether oxygens (including phenoxy) is 4. The lowest BCUT2D eigenvalue weighted by atomic mass is 9.99. The minimum Gasteiger partial charge on any atom is -0.457 e. The van der Waals surface area contributed by atoms with Crippen molar-refractivity contribution >= 4 is 16.4 Å². The van der Waals surface area contributed by atoms with Crippen LogP contribution in [0.1, 0.15) is 168 Å². The Morgan fingerprint density at radius 1 is 0.609 bits per heavy atom. The number of aliphatic hydroxyl groups is 3. The van der Waals surface area contributed by atoms with Crippen LogP contribution in [0, 0.1) is 0 Å². The molecule has 1 fully saturated rings. The van der Waals surface area contributed by atoms with Gasteiger partial charge in [-0.1, -0.05) is 157 Å². The summed E-state index contributed by atoms with van der Waals surface area (Å²) in [5.41, 5.74) is 0. The Bertz CT molecular complexity index is 1440. The van der Waals surface area contributed by atoms with Gasteiger partial charge in [-0.25, -0.2) is 4.18 Å². The molecular formula is C51H86O12S. The number of esters is 1. The van der Waals surface area contributed by atoms with Crippen LogP contribution in [0.2, 0.25) is 0 Å². The average molecular weight is 923 g/mol. The molecule has 12 nitrogen and oxygen atoms in total. The molecule has 0 saturated carbocycles. The first-order valence-electron chi connectivity index (χ1n) is 24.3. The first kappa shape index (κ1) is 59.3. The van der Waals surface area contributed by atoms with Gasteiger partial charge in [-0.3, -0.25) is 9.35 Å². The summed E-state index contributed by atoms with van der Waals surface area (Å²) in [6.07, 6.45) is 46.1. The molecule has 1 aliphatic heterocycles. The minimum absolute atomic E-state index is 0.00910. The number of unbranched alkanes of at least 4 members (excludes halogenated alkanes) is 14. The highest BCUT2D eigenvalue weighted by Gasteiger charge is 2.48. The summed E-state index contributed by atoms with van der Waals surface area (Å²) >= 11 is 0. The van der Waals surface area contributed by atoms with Crippen LogP contribution in [0.3, 0.4) is 0 Å². The molecule has 0 aromatic heterocycles. The second-order valence-corrected chi connectivity index (χ2v) is 17.4. The van der Waals surface area contributed by atoms with Crippen molar-refractivity contribution in [1.29, 1.82) is 0 Å². The summed E-state index contributed by atoms with van der Waals surface area (Å²) in [5, 5.41) is 30.7. The second-order valence-electron chi connectivity index (χ2n) is 16.3. The van der Waals surface area contributed by atoms with E-state index >= 15 is 0 Å². The maximum atomic E-state index is 12.9. The van der Waals surface area contributed by atoms with E-state index in [1.807, 2.05) is 0 Å². The van der Waals surface area contributed by atoms with Crippen molar-refractivity contribution < 1.29 is 56.2 Å². The van der Waals surface area contributed by atoms with Gasteiger partial charge in [-0.2, -0.15) is 8.42 Å². The molecule has 1 aliphatic rings. The number of rotatable bonds is 41. The lowest BCUT2D eigenvalue weighted by molar-refractivity contribution is -0.301. The lowest BCUT2D eigenvalue weighted by Crippen LogP contribution is -2.60. The highest BCUT2D eigenvalue weighted by Crippen LogP contribution is 2.26. The van der Waals surface area contributed by atoms with Crippen LogP contribution in [-0.4, -0.2) is 97.5 Å². The maximum Gasteiger partial charge on any atom is 0.397 e. The zero-order valence-electron chi connectivity index (χ0n) is 39.3. The number of carbonyl (C=O) groups is 1. The summed E-state index contributed by atoms with van der Waals surface area (Å²) in [5.74, 6) is -0.446. The molecule has 0 aliphatic carbocycles. The number of allylic oxidation sites excluding steroid dienone is 14. The van der Waals surface area contributed by atoms with Gasteiger partial charge in [0.2, 0.25) is 0 Å². The predicted octanol–water partition coefficient (Wildman–Crippen LogP) is 10.9. The van der Waals surface area contributed by atoms with E-state index in [1.54, 1.807) is 0 Å². The number of hydrogen-bond acceptors (Lipinski definition) is 11. The smallest absolute Gasteiger partial charge is 0.397 e. The quantitative estimate of drug-likeness (QED) is 0.0198. The van der Waals surface area contributed by atoms with Crippen molar-refractivity contribution in [3.05, 3.63) is 85.1 Å². The molecule has 0 bridgehead atoms. The molecule has 368 valence electrons. The molecule has 64 heavy (non-hydrogen) atoms. The second kappa shape index (κ2) is 41.7. The first-order chi connectivity index (χ1) is 31.1. The van der Waals surface area contributed by atoms with E-state index in [0.717, 1.165) is 83.5 Å². The van der Waals surface area contributed by atoms with E-state index in [2.05, 4.69) is 103 Å². The first-order valence-corrected chi connectivity index (χ1v) is 25.7. The Hall–Kier alpha value is -2.72. The molecule has 0 spiro atoms. The molecule has 1 saturated heterocycles. The fourth-order valence-corrected chi connectivity index (χ4v) is 7.35. The van der Waals surface area contributed by atoms with Crippen molar-refractivity contribution in [2.45, 2.75) is 205 Å². The summed E-state index contributed by atoms with van der Waals surface area (Å²) in [4.78, 5) is 12.9. The van der Waals surface area contributed by atoms with Crippen molar-refractivity contribution in [3.8, 4) is 0 Å². The van der Waals surface area contributed by atoms with Gasteiger partial charge >= 0.3 is 16.4 Å². The maximum absolute atomic E-state index is 12.9. The summed E-state index contributed by atoms with van der Waals surface area (Å²) in [6, 6.07) is 0. The highest BCUT2D eigenvalue weighted by molar-refractivity contribution is 7.80. The lowest BCUT2D eigenvalue weighted by Gasteiger charge is -2.41. The molecule has 1 heterocycles. The average Bonchev–Trinajstić information content (AvgIpc) is 3.27. The molecule has 1 rings (SSSR count). The van der Waals surface area contributed by atoms with E-state index in [0.29, 0.717) is 13.0 Å². The van der Waals surface area contributed by atoms with Gasteiger partial charge in [0.25, 0.3) is 0 Å². The Morgan fingerprint density at radius 3 is 1.59 bits per heavy atom. The highest BCUT2D eigenvalue weighted by atomic mass is 32.3. The monoisotopic (exact) mass is 923 g/mol. The Morgan fingerprint density at radius 2 is 1.08 bits per heavy atom. The minimum atomic E-state index is -5.07. The zero-order chi connectivity index (χ0) is 46.8. The zero-order valence-corrected chi connectivity index (χ0v) is 40.1. The SMILES string of the molecule is CC/C=C\C/C=C\C/C=C\C/C=C\C/C=C\C/C=C\CCCCC(=O)OC(COCCCCCCCC/C=C\CCCCCCCC)COC1OC(CO)C(O)C(OS(=O)(=O)O)C1O. The van der Waals surface area contributed by atoms with Crippen LogP contribution >= 0.6 is 0 Å². The van der Waals surface area contributed by atoms with E-state index in [4.69, 9.17) is 18.9 Å². The van der Waals surface area contributed by atoms with Crippen LogP contribution in [0.15, 0.2) is 85.1 Å². The summed E-state index contributed by atoms with van der Waals surface area (Å²) in [7, 11) is -5.07. The Balaban J connectivity index is 2.45. The van der Waals surface area contributed by atoms with Crippen molar-refractivity contribution in [1.82, 2.24) is 0 Å². The van der Waals surface area contributed by atoms with Gasteiger partial charge in [0.05, 0.1) is 19.8 Å².